The number of hydrogen-bond donors (Lipinski definition) is 1. The molecule has 0 fully saturated rings. The van der Waals surface area contributed by atoms with E-state index >= 15 is 0 Å². The number of benzene rings is 1. The monoisotopic (exact) mass is 346 g/mol. The summed E-state index contributed by atoms with van der Waals surface area (Å²) in [7, 11) is -3.77. The van der Waals surface area contributed by atoms with Crippen LogP contribution in [0.1, 0.15) is 33.6 Å². The molecular weight excluding hydrogens is 328 g/mol. The molecule has 6 nitrogen and oxygen atoms in total. The average molecular weight is 346 g/mol. The summed E-state index contributed by atoms with van der Waals surface area (Å²) in [4.78, 5) is 14.6. The van der Waals surface area contributed by atoms with E-state index in [0.29, 0.717) is 12.2 Å². The molecule has 0 saturated heterocycles. The van der Waals surface area contributed by atoms with Crippen molar-refractivity contribution in [3.8, 4) is 0 Å². The molecule has 0 amide bonds. The van der Waals surface area contributed by atoms with E-state index in [1.54, 1.807) is 0 Å². The number of carboxylic acid groups (broad SMARTS) is 1. The number of aromatic carboxylic acids is 1. The first-order valence-electron chi connectivity index (χ1n) is 7.63. The smallest absolute Gasteiger partial charge is 0.354 e. The summed E-state index contributed by atoms with van der Waals surface area (Å²) in [6, 6.07) is 6.44. The normalized spacial score (nSPS) is 14.3. The zero-order chi connectivity index (χ0) is 17.5. The van der Waals surface area contributed by atoms with Crippen LogP contribution in [-0.2, 0) is 16.4 Å². The van der Waals surface area contributed by atoms with Crippen molar-refractivity contribution >= 4 is 21.7 Å². The summed E-state index contributed by atoms with van der Waals surface area (Å²) in [5.41, 5.74) is 3.67. The highest BCUT2D eigenvalue weighted by atomic mass is 32.2. The lowest BCUT2D eigenvalue weighted by atomic mass is 9.96. The Morgan fingerprint density at radius 2 is 2.00 bits per heavy atom. The first-order valence-corrected chi connectivity index (χ1v) is 9.07. The molecule has 1 N–H and O–H groups in total. The number of nitrogens with zero attached hydrogens (tertiary/aromatic N) is 2. The van der Waals surface area contributed by atoms with Gasteiger partial charge in [0, 0.05) is 12.7 Å². The molecule has 126 valence electrons. The Kier molecular flexibility index (Phi) is 4.04. The molecule has 0 bridgehead atoms. The molecule has 1 aliphatic rings. The van der Waals surface area contributed by atoms with E-state index in [0.717, 1.165) is 35.7 Å². The number of hydrogen-bond acceptors (Lipinski definition) is 4. The predicted molar refractivity (Wildman–Crippen MR) is 90.0 cm³/mol. The lowest BCUT2D eigenvalue weighted by Gasteiger charge is -2.31. The Balaban J connectivity index is 2.07. The molecule has 2 aromatic rings. The van der Waals surface area contributed by atoms with Gasteiger partial charge in [-0.3, -0.25) is 4.31 Å². The fourth-order valence-electron chi connectivity index (χ4n) is 3.08. The minimum Gasteiger partial charge on any atom is -0.477 e. The van der Waals surface area contributed by atoms with Crippen molar-refractivity contribution in [1.29, 1.82) is 0 Å². The standard InChI is InChI=1S/C17H18N2O4S/c1-11-8-12(2)14-4-3-7-19(16(14)9-11)24(22,23)13-5-6-15(17(20)21)18-10-13/h5-6,8-10H,3-4,7H2,1-2H3,(H,20,21). The summed E-state index contributed by atoms with van der Waals surface area (Å²) in [5, 5.41) is 8.90. The van der Waals surface area contributed by atoms with Crippen LogP contribution in [0, 0.1) is 13.8 Å². The topological polar surface area (TPSA) is 87.6 Å². The van der Waals surface area contributed by atoms with Crippen molar-refractivity contribution in [2.75, 3.05) is 10.8 Å². The third-order valence-corrected chi connectivity index (χ3v) is 5.99. The highest BCUT2D eigenvalue weighted by Crippen LogP contribution is 2.34. The summed E-state index contributed by atoms with van der Waals surface area (Å²) in [6.45, 7) is 4.33. The average Bonchev–Trinajstić information content (AvgIpc) is 2.54. The zero-order valence-electron chi connectivity index (χ0n) is 13.5. The third kappa shape index (κ3) is 2.75. The fourth-order valence-corrected chi connectivity index (χ4v) is 4.55. The van der Waals surface area contributed by atoms with E-state index in [1.807, 2.05) is 19.9 Å². The molecule has 1 aromatic carbocycles. The van der Waals surface area contributed by atoms with Crippen molar-refractivity contribution in [3.05, 3.63) is 52.8 Å². The van der Waals surface area contributed by atoms with Gasteiger partial charge < -0.3 is 5.11 Å². The highest BCUT2D eigenvalue weighted by molar-refractivity contribution is 7.92. The number of rotatable bonds is 3. The number of carboxylic acids is 1. The lowest BCUT2D eigenvalue weighted by molar-refractivity contribution is 0.0690. The van der Waals surface area contributed by atoms with Gasteiger partial charge in [0.2, 0.25) is 0 Å². The Labute approximate surface area is 140 Å². The number of pyridine rings is 1. The second kappa shape index (κ2) is 5.90. The first-order chi connectivity index (χ1) is 11.3. The molecule has 1 aromatic heterocycles. The van der Waals surface area contributed by atoms with Gasteiger partial charge in [-0.1, -0.05) is 6.07 Å². The zero-order valence-corrected chi connectivity index (χ0v) is 14.3. The van der Waals surface area contributed by atoms with Gasteiger partial charge in [-0.05, 0) is 61.6 Å². The molecule has 7 heteroatoms. The molecule has 0 radical (unpaired) electrons. The fraction of sp³-hybridized carbons (Fsp3) is 0.294. The number of anilines is 1. The maximum Gasteiger partial charge on any atom is 0.354 e. The Morgan fingerprint density at radius 3 is 2.62 bits per heavy atom. The molecule has 1 aliphatic heterocycles. The molecule has 24 heavy (non-hydrogen) atoms. The molecule has 0 atom stereocenters. The van der Waals surface area contributed by atoms with Crippen LogP contribution in [0.2, 0.25) is 0 Å². The van der Waals surface area contributed by atoms with E-state index in [2.05, 4.69) is 11.1 Å². The van der Waals surface area contributed by atoms with Gasteiger partial charge in [0.25, 0.3) is 10.0 Å². The maximum absolute atomic E-state index is 13.0. The van der Waals surface area contributed by atoms with Crippen LogP contribution in [0.5, 0.6) is 0 Å². The van der Waals surface area contributed by atoms with Crippen LogP contribution < -0.4 is 4.31 Å². The van der Waals surface area contributed by atoms with E-state index in [9.17, 15) is 13.2 Å². The summed E-state index contributed by atoms with van der Waals surface area (Å²) >= 11 is 0. The number of fused-ring (bicyclic) bond motifs is 1. The van der Waals surface area contributed by atoms with Gasteiger partial charge in [0.1, 0.15) is 10.6 Å². The van der Waals surface area contributed by atoms with Gasteiger partial charge in [0.15, 0.2) is 0 Å². The molecular formula is C17H18N2O4S. The number of aromatic nitrogens is 1. The van der Waals surface area contributed by atoms with E-state index < -0.39 is 16.0 Å². The number of carbonyl (C=O) groups is 1. The molecule has 0 saturated carbocycles. The van der Waals surface area contributed by atoms with Crippen LogP contribution in [0.25, 0.3) is 0 Å². The predicted octanol–water partition coefficient (Wildman–Crippen LogP) is 2.54. The quantitative estimate of drug-likeness (QED) is 0.923. The second-order valence-electron chi connectivity index (χ2n) is 5.94. The Morgan fingerprint density at radius 1 is 1.25 bits per heavy atom. The first kappa shape index (κ1) is 16.4. The van der Waals surface area contributed by atoms with Crippen molar-refractivity contribution in [3.63, 3.8) is 0 Å². The van der Waals surface area contributed by atoms with Crippen LogP contribution >= 0.6 is 0 Å². The number of sulfonamides is 1. The Bertz CT molecular complexity index is 905. The largest absolute Gasteiger partial charge is 0.477 e. The number of aryl methyl sites for hydroxylation is 2. The summed E-state index contributed by atoms with van der Waals surface area (Å²) in [5.74, 6) is -1.19. The van der Waals surface area contributed by atoms with Gasteiger partial charge in [-0.2, -0.15) is 0 Å². The van der Waals surface area contributed by atoms with Crippen LogP contribution in [-0.4, -0.2) is 31.0 Å². The maximum atomic E-state index is 13.0. The van der Waals surface area contributed by atoms with Crippen molar-refractivity contribution < 1.29 is 18.3 Å². The van der Waals surface area contributed by atoms with Gasteiger partial charge in [-0.15, -0.1) is 0 Å². The summed E-state index contributed by atoms with van der Waals surface area (Å²) in [6.07, 6.45) is 2.70. The van der Waals surface area contributed by atoms with E-state index in [-0.39, 0.29) is 10.6 Å². The van der Waals surface area contributed by atoms with Gasteiger partial charge in [0.05, 0.1) is 5.69 Å². The minimum absolute atomic E-state index is 0.000454. The Hall–Kier alpha value is -2.41. The van der Waals surface area contributed by atoms with Crippen molar-refractivity contribution in [1.82, 2.24) is 4.98 Å². The lowest BCUT2D eigenvalue weighted by Crippen LogP contribution is -2.36. The van der Waals surface area contributed by atoms with Gasteiger partial charge >= 0.3 is 5.97 Å². The van der Waals surface area contributed by atoms with E-state index in [4.69, 9.17) is 5.11 Å². The molecule has 0 aliphatic carbocycles. The van der Waals surface area contributed by atoms with Crippen molar-refractivity contribution in [2.24, 2.45) is 0 Å². The van der Waals surface area contributed by atoms with Crippen LogP contribution in [0.3, 0.4) is 0 Å². The summed E-state index contributed by atoms with van der Waals surface area (Å²) < 4.78 is 27.4. The third-order valence-electron chi connectivity index (χ3n) is 4.19. The van der Waals surface area contributed by atoms with Crippen LogP contribution in [0.4, 0.5) is 5.69 Å². The second-order valence-corrected chi connectivity index (χ2v) is 7.81. The molecule has 0 unspecified atom stereocenters. The molecule has 2 heterocycles. The minimum atomic E-state index is -3.77. The van der Waals surface area contributed by atoms with Gasteiger partial charge in [-0.25, -0.2) is 18.2 Å². The highest BCUT2D eigenvalue weighted by Gasteiger charge is 2.30. The molecule has 0 spiro atoms. The molecule has 3 rings (SSSR count). The van der Waals surface area contributed by atoms with Crippen LogP contribution in [0.15, 0.2) is 35.4 Å². The SMILES string of the molecule is Cc1cc(C)c2c(c1)N(S(=O)(=O)c1ccc(C(=O)O)nc1)CCC2. The van der Waals surface area contributed by atoms with Crippen molar-refractivity contribution in [2.45, 2.75) is 31.6 Å². The van der Waals surface area contributed by atoms with E-state index in [1.165, 1.54) is 16.4 Å².